The number of nitrogens with zero attached hydrogens (tertiary/aromatic N) is 1. The van der Waals surface area contributed by atoms with Gasteiger partial charge in [0.15, 0.2) is 0 Å². The van der Waals surface area contributed by atoms with Gasteiger partial charge in [-0.1, -0.05) is 80.4 Å². The van der Waals surface area contributed by atoms with Gasteiger partial charge in [-0.15, -0.1) is 11.8 Å². The molecule has 1 N–H and O–H groups in total. The van der Waals surface area contributed by atoms with Gasteiger partial charge in [-0.3, -0.25) is 9.59 Å². The minimum Gasteiger partial charge on any atom is -0.349 e. The van der Waals surface area contributed by atoms with Crippen molar-refractivity contribution in [2.75, 3.05) is 0 Å². The molecule has 202 valence electrons. The molecule has 39 heavy (non-hydrogen) atoms. The van der Waals surface area contributed by atoms with Crippen LogP contribution in [0.15, 0.2) is 83.8 Å². The summed E-state index contributed by atoms with van der Waals surface area (Å²) >= 11 is 1.66. The van der Waals surface area contributed by atoms with Crippen LogP contribution >= 0.6 is 11.8 Å². The van der Waals surface area contributed by atoms with Gasteiger partial charge in [0.25, 0.3) is 11.8 Å². The predicted molar refractivity (Wildman–Crippen MR) is 157 cm³/mol. The molecule has 3 aromatic carbocycles. The van der Waals surface area contributed by atoms with Crippen molar-refractivity contribution in [2.45, 2.75) is 69.3 Å². The molecule has 1 heterocycles. The smallest absolute Gasteiger partial charge is 0.260 e. The summed E-state index contributed by atoms with van der Waals surface area (Å²) in [5.41, 5.74) is 3.22. The van der Waals surface area contributed by atoms with Gasteiger partial charge < -0.3 is 10.2 Å². The first-order valence-corrected chi connectivity index (χ1v) is 14.8. The van der Waals surface area contributed by atoms with Crippen molar-refractivity contribution >= 4 is 29.7 Å². The molecule has 4 nitrogen and oxygen atoms in total. The Morgan fingerprint density at radius 1 is 1.03 bits per heavy atom. The van der Waals surface area contributed by atoms with Crippen molar-refractivity contribution in [1.82, 2.24) is 10.2 Å². The van der Waals surface area contributed by atoms with Crippen LogP contribution in [0.5, 0.6) is 0 Å². The highest BCUT2D eigenvalue weighted by Crippen LogP contribution is 2.42. The first-order chi connectivity index (χ1) is 19.0. The molecular formula is C33H35FN2O2S. The second-order valence-electron chi connectivity index (χ2n) is 10.4. The Morgan fingerprint density at radius 2 is 1.74 bits per heavy atom. The van der Waals surface area contributed by atoms with Gasteiger partial charge in [-0.05, 0) is 61.1 Å². The van der Waals surface area contributed by atoms with Crippen LogP contribution in [0.3, 0.4) is 0 Å². The Bertz CT molecular complexity index is 1330. The summed E-state index contributed by atoms with van der Waals surface area (Å²) < 4.78 is 14.5. The van der Waals surface area contributed by atoms with E-state index in [1.807, 2.05) is 59.5 Å². The number of rotatable bonds is 8. The van der Waals surface area contributed by atoms with Gasteiger partial charge in [0, 0.05) is 35.0 Å². The fourth-order valence-corrected chi connectivity index (χ4v) is 6.99. The zero-order valence-corrected chi connectivity index (χ0v) is 23.1. The van der Waals surface area contributed by atoms with Crippen LogP contribution in [0.2, 0.25) is 0 Å². The van der Waals surface area contributed by atoms with E-state index >= 15 is 0 Å². The third kappa shape index (κ3) is 6.62. The Balaban J connectivity index is 1.30. The fraction of sp³-hybridized carbons (Fsp3) is 0.333. The van der Waals surface area contributed by atoms with Crippen molar-refractivity contribution in [1.29, 1.82) is 0 Å². The van der Waals surface area contributed by atoms with E-state index in [-0.39, 0.29) is 36.3 Å². The quantitative estimate of drug-likeness (QED) is 0.312. The number of hydrogen-bond donors (Lipinski definition) is 1. The predicted octanol–water partition coefficient (Wildman–Crippen LogP) is 7.00. The largest absolute Gasteiger partial charge is 0.349 e. The second kappa shape index (κ2) is 12.6. The second-order valence-corrected chi connectivity index (χ2v) is 11.7. The van der Waals surface area contributed by atoms with Crippen molar-refractivity contribution < 1.29 is 14.0 Å². The maximum atomic E-state index is 14.5. The van der Waals surface area contributed by atoms with Gasteiger partial charge in [-0.25, -0.2) is 4.39 Å². The number of benzene rings is 3. The van der Waals surface area contributed by atoms with Crippen LogP contribution < -0.4 is 5.32 Å². The van der Waals surface area contributed by atoms with E-state index in [4.69, 9.17) is 0 Å². The minimum atomic E-state index is -0.274. The van der Waals surface area contributed by atoms with E-state index < -0.39 is 0 Å². The maximum absolute atomic E-state index is 14.5. The van der Waals surface area contributed by atoms with Gasteiger partial charge >= 0.3 is 0 Å². The third-order valence-electron chi connectivity index (χ3n) is 7.74. The summed E-state index contributed by atoms with van der Waals surface area (Å²) in [4.78, 5) is 29.1. The Hall–Kier alpha value is -3.38. The first-order valence-electron chi connectivity index (χ1n) is 13.9. The van der Waals surface area contributed by atoms with E-state index in [0.717, 1.165) is 44.1 Å². The molecule has 6 heteroatoms. The van der Waals surface area contributed by atoms with Crippen LogP contribution in [0.25, 0.3) is 6.08 Å². The number of carbonyl (C=O) groups excluding carboxylic acids is 2. The molecule has 0 bridgehead atoms. The van der Waals surface area contributed by atoms with E-state index in [9.17, 15) is 14.0 Å². The van der Waals surface area contributed by atoms with Crippen LogP contribution in [0.1, 0.15) is 66.1 Å². The summed E-state index contributed by atoms with van der Waals surface area (Å²) in [5, 5.41) is 3.47. The number of hydrogen-bond acceptors (Lipinski definition) is 3. The van der Waals surface area contributed by atoms with Gasteiger partial charge in [-0.2, -0.15) is 0 Å². The molecule has 2 amide bonds. The molecular weight excluding hydrogens is 507 g/mol. The number of carbonyl (C=O) groups is 2. The lowest BCUT2D eigenvalue weighted by atomic mass is 9.92. The highest BCUT2D eigenvalue weighted by molar-refractivity contribution is 8.04. The molecule has 1 saturated carbocycles. The molecule has 5 rings (SSSR count). The lowest BCUT2D eigenvalue weighted by molar-refractivity contribution is -0.130. The van der Waals surface area contributed by atoms with Crippen LogP contribution in [0, 0.1) is 5.82 Å². The van der Waals surface area contributed by atoms with E-state index in [0.29, 0.717) is 21.3 Å². The van der Waals surface area contributed by atoms with E-state index in [1.54, 1.807) is 23.9 Å². The summed E-state index contributed by atoms with van der Waals surface area (Å²) in [5.74, 6) is -0.412. The average Bonchev–Trinajstić information content (AvgIpc) is 2.96. The molecule has 3 atom stereocenters. The summed E-state index contributed by atoms with van der Waals surface area (Å²) in [6.45, 7) is 2.36. The van der Waals surface area contributed by atoms with E-state index in [2.05, 4.69) is 24.4 Å². The molecule has 0 radical (unpaired) electrons. The van der Waals surface area contributed by atoms with Crippen LogP contribution in [-0.2, 0) is 17.8 Å². The monoisotopic (exact) mass is 542 g/mol. The molecule has 0 spiro atoms. The maximum Gasteiger partial charge on any atom is 0.260 e. The third-order valence-corrected chi connectivity index (χ3v) is 9.14. The lowest BCUT2D eigenvalue weighted by Crippen LogP contribution is -2.50. The lowest BCUT2D eigenvalue weighted by Gasteiger charge is -2.44. The zero-order chi connectivity index (χ0) is 27.2. The molecule has 0 aromatic heterocycles. The molecule has 1 aliphatic heterocycles. The minimum absolute atomic E-state index is 0.0417. The topological polar surface area (TPSA) is 49.4 Å². The fourth-order valence-electron chi connectivity index (χ4n) is 5.52. The Kier molecular flexibility index (Phi) is 8.82. The highest BCUT2D eigenvalue weighted by Gasteiger charge is 2.40. The number of fused-ring (bicyclic) bond motifs is 1. The summed E-state index contributed by atoms with van der Waals surface area (Å²) in [7, 11) is 0. The first kappa shape index (κ1) is 27.2. The van der Waals surface area contributed by atoms with Gasteiger partial charge in [0.05, 0.1) is 4.91 Å². The van der Waals surface area contributed by atoms with Crippen LogP contribution in [0.4, 0.5) is 4.39 Å². The molecule has 3 aromatic rings. The van der Waals surface area contributed by atoms with Crippen LogP contribution in [-0.4, -0.2) is 34.0 Å². The standard InChI is InChI=1S/C33H35FN2O2S/c1-2-27(20-23-10-4-3-5-11-23)35-32(37)25-18-16-24(17-19-25)21-31-33(38)36(22-26-12-6-7-13-28(26)34)29-14-8-9-15-30(29)39-31/h3-7,10-13,16-19,21,27,29-30H,2,8-9,14-15,20,22H2,1H3,(H,35,37)/b31-21+. The molecule has 2 fully saturated rings. The average molecular weight is 543 g/mol. The zero-order valence-electron chi connectivity index (χ0n) is 22.3. The number of thioether (sulfide) groups is 1. The normalized spacial score (nSPS) is 20.9. The van der Waals surface area contributed by atoms with Gasteiger partial charge in [0.2, 0.25) is 0 Å². The highest BCUT2D eigenvalue weighted by atomic mass is 32.2. The van der Waals surface area contributed by atoms with E-state index in [1.165, 1.54) is 11.6 Å². The molecule has 1 saturated heterocycles. The Labute approximate surface area is 234 Å². The number of nitrogens with one attached hydrogen (secondary N) is 1. The Morgan fingerprint density at radius 3 is 2.49 bits per heavy atom. The van der Waals surface area contributed by atoms with Crippen molar-refractivity contribution in [3.63, 3.8) is 0 Å². The molecule has 3 unspecified atom stereocenters. The summed E-state index contributed by atoms with van der Waals surface area (Å²) in [6.07, 6.45) is 7.80. The number of amides is 2. The van der Waals surface area contributed by atoms with Crippen molar-refractivity contribution in [2.24, 2.45) is 0 Å². The number of halogens is 1. The van der Waals surface area contributed by atoms with Gasteiger partial charge in [0.1, 0.15) is 5.82 Å². The van der Waals surface area contributed by atoms with Crippen molar-refractivity contribution in [3.8, 4) is 0 Å². The SMILES string of the molecule is CCC(Cc1ccccc1)NC(=O)c1ccc(/C=C2/SC3CCCCC3N(Cc3ccccc3F)C2=O)cc1. The van der Waals surface area contributed by atoms with Crippen molar-refractivity contribution in [3.05, 3.63) is 112 Å². The molecule has 2 aliphatic rings. The molecule has 1 aliphatic carbocycles. The summed E-state index contributed by atoms with van der Waals surface area (Å²) in [6, 6.07) is 24.5.